The minimum Gasteiger partial charge on any atom is -0.414 e. The number of aliphatic hydroxyl groups excluding tert-OH is 2. The van der Waals surface area contributed by atoms with Gasteiger partial charge in [-0.1, -0.05) is 102 Å². The van der Waals surface area contributed by atoms with Gasteiger partial charge in [0.05, 0.1) is 13.2 Å². The molecule has 4 nitrogen and oxygen atoms in total. The van der Waals surface area contributed by atoms with Gasteiger partial charge < -0.3 is 19.1 Å². The van der Waals surface area contributed by atoms with E-state index in [9.17, 15) is 10.2 Å². The highest BCUT2D eigenvalue weighted by Crippen LogP contribution is 2.37. The lowest BCUT2D eigenvalue weighted by atomic mass is 9.92. The van der Waals surface area contributed by atoms with Crippen molar-refractivity contribution < 1.29 is 19.1 Å². The minimum atomic E-state index is -2.02. The molecule has 2 aromatic carbocycles. The molecule has 2 unspecified atom stereocenters. The van der Waals surface area contributed by atoms with Crippen molar-refractivity contribution in [3.8, 4) is 0 Å². The zero-order chi connectivity index (χ0) is 33.3. The third-order valence-corrected chi connectivity index (χ3v) is 18.3. The lowest BCUT2D eigenvalue weighted by Gasteiger charge is -2.36. The predicted octanol–water partition coefficient (Wildman–Crippen LogP) is 9.18. The second-order valence-corrected chi connectivity index (χ2v) is 24.7. The van der Waals surface area contributed by atoms with Crippen LogP contribution in [-0.2, 0) is 21.7 Å². The van der Waals surface area contributed by atoms with Gasteiger partial charge in [0.2, 0.25) is 0 Å². The van der Waals surface area contributed by atoms with Gasteiger partial charge in [-0.2, -0.15) is 0 Å². The van der Waals surface area contributed by atoms with Crippen molar-refractivity contribution in [2.75, 3.05) is 13.2 Å². The van der Waals surface area contributed by atoms with E-state index in [1.165, 1.54) is 0 Å². The van der Waals surface area contributed by atoms with E-state index in [1.807, 2.05) is 50.2 Å². The Labute approximate surface area is 270 Å². The molecular formula is C38H58O4Si2. The topological polar surface area (TPSA) is 58.9 Å². The Hall–Kier alpha value is -2.25. The van der Waals surface area contributed by atoms with Crippen molar-refractivity contribution >= 4 is 16.6 Å². The molecule has 2 aromatic rings. The fourth-order valence-corrected chi connectivity index (χ4v) is 5.97. The summed E-state index contributed by atoms with van der Waals surface area (Å²) in [5.41, 5.74) is 12.8. The number of benzene rings is 2. The Morgan fingerprint density at radius 3 is 1.18 bits per heavy atom. The van der Waals surface area contributed by atoms with Crippen LogP contribution < -0.4 is 0 Å². The highest BCUT2D eigenvalue weighted by atomic mass is 28.4. The monoisotopic (exact) mass is 634 g/mol. The summed E-state index contributed by atoms with van der Waals surface area (Å²) in [6, 6.07) is 20.6. The molecule has 44 heavy (non-hydrogen) atoms. The zero-order valence-electron chi connectivity index (χ0n) is 29.5. The first kappa shape index (κ1) is 37.9. The number of aliphatic hydroxyl groups is 2. The van der Waals surface area contributed by atoms with Gasteiger partial charge in [0, 0.05) is 24.0 Å². The fraction of sp³-hybridized carbons (Fsp3) is 0.526. The summed E-state index contributed by atoms with van der Waals surface area (Å²) in [6.07, 6.45) is -0.317. The lowest BCUT2D eigenvalue weighted by Crippen LogP contribution is -2.42. The molecule has 0 spiro atoms. The molecule has 242 valence electrons. The summed E-state index contributed by atoms with van der Waals surface area (Å²) in [6.45, 7) is 26.3. The largest absolute Gasteiger partial charge is 0.414 e. The van der Waals surface area contributed by atoms with Crippen molar-refractivity contribution in [2.45, 2.75) is 117 Å². The summed E-state index contributed by atoms with van der Waals surface area (Å²) in [4.78, 5) is 0. The van der Waals surface area contributed by atoms with E-state index in [0.717, 1.165) is 33.4 Å². The van der Waals surface area contributed by atoms with E-state index < -0.39 is 28.8 Å². The molecule has 2 N–H and O–H groups in total. The van der Waals surface area contributed by atoms with Gasteiger partial charge in [0.1, 0.15) is 12.2 Å². The smallest absolute Gasteiger partial charge is 0.192 e. The van der Waals surface area contributed by atoms with E-state index in [4.69, 9.17) is 8.85 Å². The number of rotatable bonds is 13. The molecule has 0 radical (unpaired) electrons. The first-order valence-electron chi connectivity index (χ1n) is 15.9. The summed E-state index contributed by atoms with van der Waals surface area (Å²) in [5.74, 6) is 0. The molecule has 2 atom stereocenters. The van der Waals surface area contributed by atoms with E-state index in [0.29, 0.717) is 12.8 Å². The first-order valence-corrected chi connectivity index (χ1v) is 21.7. The maximum Gasteiger partial charge on any atom is 0.192 e. The Morgan fingerprint density at radius 2 is 0.909 bits per heavy atom. The standard InChI is InChI=1S/C38H58O4Si2/c1-29(35(39)27-41-43(9,10)37(3,4)5)23-33(25-31-19-15-13-16-20-31)34(26-32-21-17-14-18-22-32)24-30(2)36(40)28-42-44(11,12)38(6,7)8/h13-22,35-36,39-40H,25-28H2,1-12H3. The molecule has 2 rings (SSSR count). The quantitative estimate of drug-likeness (QED) is 0.131. The van der Waals surface area contributed by atoms with Crippen LogP contribution in [0.25, 0.3) is 0 Å². The molecular weight excluding hydrogens is 577 g/mol. The molecule has 0 aliphatic rings. The molecule has 0 aliphatic heterocycles. The SMILES string of the molecule is CC(=C=C(Cc1ccccc1)C(=C=C(C)C(O)CO[Si](C)(C)C(C)(C)C)Cc1ccccc1)C(O)CO[Si](C)(C)C(C)(C)C. The second-order valence-electron chi connectivity index (χ2n) is 15.1. The van der Waals surface area contributed by atoms with Crippen LogP contribution in [0.5, 0.6) is 0 Å². The zero-order valence-corrected chi connectivity index (χ0v) is 31.5. The van der Waals surface area contributed by atoms with Crippen molar-refractivity contribution in [3.05, 3.63) is 106 Å². The van der Waals surface area contributed by atoms with Gasteiger partial charge in [-0.25, -0.2) is 0 Å². The van der Waals surface area contributed by atoms with Crippen LogP contribution in [0.2, 0.25) is 36.3 Å². The van der Waals surface area contributed by atoms with Gasteiger partial charge in [-0.3, -0.25) is 0 Å². The van der Waals surface area contributed by atoms with Crippen molar-refractivity contribution in [1.82, 2.24) is 0 Å². The number of hydrogen-bond acceptors (Lipinski definition) is 4. The van der Waals surface area contributed by atoms with Gasteiger partial charge in [0.25, 0.3) is 0 Å². The van der Waals surface area contributed by atoms with Crippen molar-refractivity contribution in [3.63, 3.8) is 0 Å². The van der Waals surface area contributed by atoms with Gasteiger partial charge >= 0.3 is 0 Å². The first-order chi connectivity index (χ1) is 20.2. The molecule has 0 heterocycles. The summed E-state index contributed by atoms with van der Waals surface area (Å²) in [5, 5.41) is 22.5. The van der Waals surface area contributed by atoms with Crippen molar-refractivity contribution in [2.24, 2.45) is 0 Å². The Balaban J connectivity index is 2.64. The highest BCUT2D eigenvalue weighted by Gasteiger charge is 2.38. The molecule has 0 fully saturated rings. The van der Waals surface area contributed by atoms with Gasteiger partial charge in [-0.05, 0) is 72.4 Å². The summed E-state index contributed by atoms with van der Waals surface area (Å²) in [7, 11) is -4.04. The Morgan fingerprint density at radius 1 is 0.614 bits per heavy atom. The van der Waals surface area contributed by atoms with Gasteiger partial charge in [-0.15, -0.1) is 11.5 Å². The van der Waals surface area contributed by atoms with Crippen molar-refractivity contribution in [1.29, 1.82) is 0 Å². The average Bonchev–Trinajstić information content (AvgIpc) is 2.93. The van der Waals surface area contributed by atoms with Crippen LogP contribution in [0.15, 0.2) is 94.4 Å². The lowest BCUT2D eigenvalue weighted by molar-refractivity contribution is 0.127. The summed E-state index contributed by atoms with van der Waals surface area (Å²) < 4.78 is 12.7. The highest BCUT2D eigenvalue weighted by molar-refractivity contribution is 6.74. The van der Waals surface area contributed by atoms with E-state index >= 15 is 0 Å². The maximum atomic E-state index is 11.2. The van der Waals surface area contributed by atoms with Crippen LogP contribution in [0.1, 0.15) is 66.5 Å². The molecule has 0 aliphatic carbocycles. The fourth-order valence-electron chi connectivity index (χ4n) is 3.95. The molecule has 0 aromatic heterocycles. The maximum absolute atomic E-state index is 11.2. The van der Waals surface area contributed by atoms with Crippen LogP contribution in [0.3, 0.4) is 0 Å². The van der Waals surface area contributed by atoms with Crippen LogP contribution >= 0.6 is 0 Å². The minimum absolute atomic E-state index is 0.0572. The van der Waals surface area contributed by atoms with Crippen LogP contribution in [0, 0.1) is 0 Å². The molecule has 0 saturated heterocycles. The van der Waals surface area contributed by atoms with Gasteiger partial charge in [0.15, 0.2) is 16.6 Å². The number of hydrogen-bond donors (Lipinski definition) is 2. The molecule has 6 heteroatoms. The van der Waals surface area contributed by atoms with Crippen LogP contribution in [-0.4, -0.2) is 52.3 Å². The molecule has 0 saturated carbocycles. The van der Waals surface area contributed by atoms with E-state index in [-0.39, 0.29) is 23.3 Å². The molecule has 0 amide bonds. The Bertz CT molecular complexity index is 1230. The van der Waals surface area contributed by atoms with Crippen LogP contribution in [0.4, 0.5) is 0 Å². The predicted molar refractivity (Wildman–Crippen MR) is 191 cm³/mol. The summed E-state index contributed by atoms with van der Waals surface area (Å²) >= 11 is 0. The third kappa shape index (κ3) is 11.6. The van der Waals surface area contributed by atoms with E-state index in [2.05, 4.69) is 103 Å². The second kappa shape index (κ2) is 15.8. The Kier molecular flexibility index (Phi) is 13.7. The van der Waals surface area contributed by atoms with E-state index in [1.54, 1.807) is 0 Å². The third-order valence-electron chi connectivity index (χ3n) is 9.32. The molecule has 0 bridgehead atoms. The normalized spacial score (nSPS) is 13.9. The average molecular weight is 635 g/mol.